The Kier molecular flexibility index (Phi) is 6.26. The smallest absolute Gasteiger partial charge is 0.182 e. The summed E-state index contributed by atoms with van der Waals surface area (Å²) in [4.78, 5) is 10.7. The van der Waals surface area contributed by atoms with E-state index in [9.17, 15) is 0 Å². The molecule has 0 spiro atoms. The zero-order chi connectivity index (χ0) is 14.4. The topological polar surface area (TPSA) is 31.4 Å². The first-order valence-electron chi connectivity index (χ1n) is 7.73. The van der Waals surface area contributed by atoms with Crippen LogP contribution in [0.1, 0.15) is 31.1 Å². The van der Waals surface area contributed by atoms with E-state index in [4.69, 9.17) is 0 Å². The van der Waals surface area contributed by atoms with Crippen molar-refractivity contribution in [2.75, 3.05) is 45.6 Å². The van der Waals surface area contributed by atoms with E-state index in [1.54, 1.807) is 11.3 Å². The number of rotatable bonds is 7. The molecule has 0 unspecified atom stereocenters. The molecule has 20 heavy (non-hydrogen) atoms. The third kappa shape index (κ3) is 5.04. The molecular formula is C15H28N4S. The lowest BCUT2D eigenvalue weighted by molar-refractivity contribution is 0.174. The second-order valence-corrected chi connectivity index (χ2v) is 7.12. The van der Waals surface area contributed by atoms with Crippen molar-refractivity contribution in [2.24, 2.45) is 5.92 Å². The molecule has 4 nitrogen and oxygen atoms in total. The first-order chi connectivity index (χ1) is 9.67. The summed E-state index contributed by atoms with van der Waals surface area (Å²) in [6.07, 6.45) is 5.85. The largest absolute Gasteiger partial charge is 0.362 e. The van der Waals surface area contributed by atoms with E-state index in [1.807, 2.05) is 6.20 Å². The number of piperidine rings is 1. The first kappa shape index (κ1) is 15.7. The molecule has 2 heterocycles. The molecule has 0 saturated carbocycles. The van der Waals surface area contributed by atoms with Gasteiger partial charge in [-0.05, 0) is 52.4 Å². The van der Waals surface area contributed by atoms with Gasteiger partial charge in [0.2, 0.25) is 0 Å². The van der Waals surface area contributed by atoms with Gasteiger partial charge >= 0.3 is 0 Å². The van der Waals surface area contributed by atoms with Crippen LogP contribution in [0.2, 0.25) is 0 Å². The zero-order valence-corrected chi connectivity index (χ0v) is 13.9. The molecule has 0 bridgehead atoms. The lowest BCUT2D eigenvalue weighted by atomic mass is 9.97. The summed E-state index contributed by atoms with van der Waals surface area (Å²) >= 11 is 1.79. The molecule has 0 atom stereocenters. The van der Waals surface area contributed by atoms with Crippen LogP contribution in [0.4, 0.5) is 5.13 Å². The van der Waals surface area contributed by atoms with E-state index in [0.29, 0.717) is 0 Å². The molecule has 0 aromatic carbocycles. The van der Waals surface area contributed by atoms with E-state index in [0.717, 1.165) is 30.6 Å². The van der Waals surface area contributed by atoms with Crippen molar-refractivity contribution < 1.29 is 0 Å². The number of nitrogens with zero attached hydrogens (tertiary/aromatic N) is 3. The SMILES string of the molecule is CCCNc1ncc(CN(C)CC2CCN(C)CC2)s1. The number of likely N-dealkylation sites (tertiary alicyclic amines) is 1. The summed E-state index contributed by atoms with van der Waals surface area (Å²) < 4.78 is 0. The highest BCUT2D eigenvalue weighted by Gasteiger charge is 2.18. The van der Waals surface area contributed by atoms with E-state index in [2.05, 4.69) is 41.1 Å². The summed E-state index contributed by atoms with van der Waals surface area (Å²) in [5.74, 6) is 0.863. The average Bonchev–Trinajstić information content (AvgIpc) is 2.86. The fourth-order valence-corrected chi connectivity index (χ4v) is 3.63. The average molecular weight is 296 g/mol. The van der Waals surface area contributed by atoms with Crippen LogP contribution in [0.15, 0.2) is 6.20 Å². The third-order valence-corrected chi connectivity index (χ3v) is 4.85. The highest BCUT2D eigenvalue weighted by atomic mass is 32.1. The molecule has 1 aliphatic rings. The molecule has 1 aliphatic heterocycles. The van der Waals surface area contributed by atoms with Gasteiger partial charge in [0.25, 0.3) is 0 Å². The van der Waals surface area contributed by atoms with Gasteiger partial charge in [-0.25, -0.2) is 4.98 Å². The summed E-state index contributed by atoms with van der Waals surface area (Å²) in [6.45, 7) is 7.94. The van der Waals surface area contributed by atoms with Crippen LogP contribution < -0.4 is 5.32 Å². The number of thiazole rings is 1. The summed E-state index contributed by atoms with van der Waals surface area (Å²) in [6, 6.07) is 0. The highest BCUT2D eigenvalue weighted by molar-refractivity contribution is 7.15. The van der Waals surface area contributed by atoms with Crippen molar-refractivity contribution in [3.8, 4) is 0 Å². The fraction of sp³-hybridized carbons (Fsp3) is 0.800. The van der Waals surface area contributed by atoms with Crippen molar-refractivity contribution in [2.45, 2.75) is 32.7 Å². The molecule has 114 valence electrons. The van der Waals surface area contributed by atoms with Gasteiger partial charge in [0.15, 0.2) is 5.13 Å². The second kappa shape index (κ2) is 7.96. The van der Waals surface area contributed by atoms with Gasteiger partial charge in [-0.2, -0.15) is 0 Å². The van der Waals surface area contributed by atoms with Crippen molar-refractivity contribution in [1.82, 2.24) is 14.8 Å². The van der Waals surface area contributed by atoms with Crippen LogP contribution in [-0.4, -0.2) is 55.1 Å². The number of aromatic nitrogens is 1. The first-order valence-corrected chi connectivity index (χ1v) is 8.54. The zero-order valence-electron chi connectivity index (χ0n) is 13.1. The Morgan fingerprint density at radius 1 is 1.45 bits per heavy atom. The minimum absolute atomic E-state index is 0.863. The molecule has 1 aromatic heterocycles. The predicted octanol–water partition coefficient (Wildman–Crippen LogP) is 2.74. The second-order valence-electron chi connectivity index (χ2n) is 6.00. The predicted molar refractivity (Wildman–Crippen MR) is 87.4 cm³/mol. The van der Waals surface area contributed by atoms with Gasteiger partial charge in [-0.1, -0.05) is 6.92 Å². The standard InChI is InChI=1S/C15H28N4S/c1-4-7-16-15-17-10-14(20-15)12-19(3)11-13-5-8-18(2)9-6-13/h10,13H,4-9,11-12H2,1-3H3,(H,16,17). The van der Waals surface area contributed by atoms with Crippen molar-refractivity contribution >= 4 is 16.5 Å². The van der Waals surface area contributed by atoms with E-state index in [1.165, 1.54) is 37.4 Å². The van der Waals surface area contributed by atoms with Crippen LogP contribution in [0.25, 0.3) is 0 Å². The summed E-state index contributed by atoms with van der Waals surface area (Å²) in [5.41, 5.74) is 0. The molecule has 5 heteroatoms. The Hall–Kier alpha value is -0.650. The van der Waals surface area contributed by atoms with Gasteiger partial charge < -0.3 is 15.1 Å². The third-order valence-electron chi connectivity index (χ3n) is 3.91. The van der Waals surface area contributed by atoms with Crippen LogP contribution in [-0.2, 0) is 6.54 Å². The molecule has 1 fully saturated rings. The Labute approximate surface area is 127 Å². The number of nitrogens with one attached hydrogen (secondary N) is 1. The Morgan fingerprint density at radius 2 is 2.20 bits per heavy atom. The van der Waals surface area contributed by atoms with Crippen molar-refractivity contribution in [3.05, 3.63) is 11.1 Å². The van der Waals surface area contributed by atoms with Gasteiger partial charge in [0, 0.05) is 30.7 Å². The quantitative estimate of drug-likeness (QED) is 0.838. The van der Waals surface area contributed by atoms with Gasteiger partial charge in [0.05, 0.1) is 0 Å². The molecular weight excluding hydrogens is 268 g/mol. The summed E-state index contributed by atoms with van der Waals surface area (Å²) in [7, 11) is 4.46. The fourth-order valence-electron chi connectivity index (χ4n) is 2.71. The van der Waals surface area contributed by atoms with Gasteiger partial charge in [-0.3, -0.25) is 0 Å². The van der Waals surface area contributed by atoms with E-state index in [-0.39, 0.29) is 0 Å². The van der Waals surface area contributed by atoms with Crippen LogP contribution >= 0.6 is 11.3 Å². The molecule has 1 saturated heterocycles. The Morgan fingerprint density at radius 3 is 2.90 bits per heavy atom. The molecule has 1 N–H and O–H groups in total. The van der Waals surface area contributed by atoms with Crippen molar-refractivity contribution in [1.29, 1.82) is 0 Å². The Balaban J connectivity index is 1.73. The van der Waals surface area contributed by atoms with Crippen LogP contribution in [0.3, 0.4) is 0 Å². The molecule has 2 rings (SSSR count). The maximum atomic E-state index is 4.44. The van der Waals surface area contributed by atoms with Gasteiger partial charge in [0.1, 0.15) is 0 Å². The number of hydrogen-bond acceptors (Lipinski definition) is 5. The van der Waals surface area contributed by atoms with Gasteiger partial charge in [-0.15, -0.1) is 11.3 Å². The minimum atomic E-state index is 0.863. The monoisotopic (exact) mass is 296 g/mol. The maximum Gasteiger partial charge on any atom is 0.182 e. The van der Waals surface area contributed by atoms with Crippen molar-refractivity contribution in [3.63, 3.8) is 0 Å². The normalized spacial score (nSPS) is 17.8. The summed E-state index contributed by atoms with van der Waals surface area (Å²) in [5, 5.41) is 4.42. The minimum Gasteiger partial charge on any atom is -0.362 e. The molecule has 0 amide bonds. The lowest BCUT2D eigenvalue weighted by Gasteiger charge is -2.31. The Bertz CT molecular complexity index is 385. The number of anilines is 1. The molecule has 1 aromatic rings. The van der Waals surface area contributed by atoms with Crippen LogP contribution in [0, 0.1) is 5.92 Å². The lowest BCUT2D eigenvalue weighted by Crippen LogP contribution is -2.35. The van der Waals surface area contributed by atoms with E-state index >= 15 is 0 Å². The molecule has 0 aliphatic carbocycles. The maximum absolute atomic E-state index is 4.44. The van der Waals surface area contributed by atoms with E-state index < -0.39 is 0 Å². The highest BCUT2D eigenvalue weighted by Crippen LogP contribution is 2.21. The van der Waals surface area contributed by atoms with Crippen LogP contribution in [0.5, 0.6) is 0 Å². The molecule has 0 radical (unpaired) electrons. The number of hydrogen-bond donors (Lipinski definition) is 1.